The number of hydrogen-bond acceptors (Lipinski definition) is 4. The van der Waals surface area contributed by atoms with Gasteiger partial charge in [0, 0.05) is 17.0 Å². The maximum Gasteiger partial charge on any atom is 0.265 e. The van der Waals surface area contributed by atoms with Crippen LogP contribution in [0.5, 0.6) is 11.6 Å². The predicted octanol–water partition coefficient (Wildman–Crippen LogP) is 4.76. The number of para-hydroxylation sites is 2. The molecule has 0 aliphatic rings. The average Bonchev–Trinajstić information content (AvgIpc) is 2.74. The molecule has 0 bridgehead atoms. The van der Waals surface area contributed by atoms with Gasteiger partial charge in [-0.1, -0.05) is 42.5 Å². The second kappa shape index (κ2) is 7.64. The number of rotatable bonds is 4. The van der Waals surface area contributed by atoms with Crippen molar-refractivity contribution in [2.24, 2.45) is 4.99 Å². The SMILES string of the molecule is COc1ccccc1N=Cc1c(O)n(-c2cccc(C)c2)c(=O)c2ccccc12. The Morgan fingerprint density at radius 1 is 0.966 bits per heavy atom. The number of hydrogen-bond donors (Lipinski definition) is 1. The Labute approximate surface area is 168 Å². The third-order valence-corrected chi connectivity index (χ3v) is 4.78. The zero-order valence-electron chi connectivity index (χ0n) is 16.2. The predicted molar refractivity (Wildman–Crippen MR) is 116 cm³/mol. The average molecular weight is 384 g/mol. The molecular weight excluding hydrogens is 364 g/mol. The van der Waals surface area contributed by atoms with E-state index in [4.69, 9.17) is 4.74 Å². The molecule has 0 unspecified atom stereocenters. The lowest BCUT2D eigenvalue weighted by molar-refractivity contribution is 0.416. The van der Waals surface area contributed by atoms with Gasteiger partial charge < -0.3 is 9.84 Å². The minimum absolute atomic E-state index is 0.155. The van der Waals surface area contributed by atoms with Gasteiger partial charge in [0.1, 0.15) is 11.4 Å². The molecule has 3 aromatic carbocycles. The molecule has 0 radical (unpaired) electrons. The van der Waals surface area contributed by atoms with Crippen LogP contribution < -0.4 is 10.3 Å². The molecule has 1 aromatic heterocycles. The second-order valence-corrected chi connectivity index (χ2v) is 6.69. The molecule has 0 aliphatic carbocycles. The summed E-state index contributed by atoms with van der Waals surface area (Å²) < 4.78 is 6.66. The highest BCUT2D eigenvalue weighted by molar-refractivity contribution is 6.02. The Kier molecular flexibility index (Phi) is 4.87. The van der Waals surface area contributed by atoms with E-state index in [-0.39, 0.29) is 11.4 Å². The number of aliphatic imine (C=N–C) groups is 1. The Morgan fingerprint density at radius 2 is 1.69 bits per heavy atom. The van der Waals surface area contributed by atoms with Crippen molar-refractivity contribution in [1.82, 2.24) is 4.57 Å². The van der Waals surface area contributed by atoms with Gasteiger partial charge in [-0.2, -0.15) is 0 Å². The number of benzene rings is 3. The summed E-state index contributed by atoms with van der Waals surface area (Å²) in [5.41, 5.74) is 2.41. The maximum absolute atomic E-state index is 13.1. The number of nitrogens with zero attached hydrogens (tertiary/aromatic N) is 2. The molecular formula is C24H20N2O3. The van der Waals surface area contributed by atoms with Crippen molar-refractivity contribution >= 4 is 22.7 Å². The zero-order chi connectivity index (χ0) is 20.4. The lowest BCUT2D eigenvalue weighted by Crippen LogP contribution is -2.20. The Morgan fingerprint density at radius 3 is 2.45 bits per heavy atom. The molecule has 4 rings (SSSR count). The van der Waals surface area contributed by atoms with E-state index in [9.17, 15) is 9.90 Å². The fourth-order valence-electron chi connectivity index (χ4n) is 3.37. The van der Waals surface area contributed by atoms with Crippen LogP contribution in [0.1, 0.15) is 11.1 Å². The van der Waals surface area contributed by atoms with Crippen LogP contribution in [-0.4, -0.2) is 23.0 Å². The largest absolute Gasteiger partial charge is 0.494 e. The number of aromatic hydroxyl groups is 1. The Bertz CT molecular complexity index is 1290. The monoisotopic (exact) mass is 384 g/mol. The van der Waals surface area contributed by atoms with E-state index in [1.54, 1.807) is 31.5 Å². The van der Waals surface area contributed by atoms with Crippen molar-refractivity contribution in [2.75, 3.05) is 7.11 Å². The van der Waals surface area contributed by atoms with Gasteiger partial charge >= 0.3 is 0 Å². The van der Waals surface area contributed by atoms with Crippen LogP contribution in [-0.2, 0) is 0 Å². The standard InChI is InChI=1S/C24H20N2O3/c1-16-8-7-9-17(14-16)26-23(27)19-11-4-3-10-18(19)20(24(26)28)15-25-21-12-5-6-13-22(21)29-2/h3-15,28H,1-2H3. The van der Waals surface area contributed by atoms with Gasteiger partial charge in [-0.15, -0.1) is 0 Å². The van der Waals surface area contributed by atoms with Gasteiger partial charge in [0.25, 0.3) is 5.56 Å². The van der Waals surface area contributed by atoms with Crippen LogP contribution in [0.25, 0.3) is 16.5 Å². The van der Waals surface area contributed by atoms with Crippen molar-refractivity contribution in [3.8, 4) is 17.3 Å². The second-order valence-electron chi connectivity index (χ2n) is 6.69. The zero-order valence-corrected chi connectivity index (χ0v) is 16.2. The van der Waals surface area contributed by atoms with Crippen LogP contribution >= 0.6 is 0 Å². The Hall–Kier alpha value is -3.86. The van der Waals surface area contributed by atoms with E-state index < -0.39 is 0 Å². The third-order valence-electron chi connectivity index (χ3n) is 4.78. The van der Waals surface area contributed by atoms with Crippen molar-refractivity contribution in [3.05, 3.63) is 94.3 Å². The van der Waals surface area contributed by atoms with Crippen LogP contribution in [0.3, 0.4) is 0 Å². The molecule has 0 saturated heterocycles. The van der Waals surface area contributed by atoms with E-state index >= 15 is 0 Å². The smallest absolute Gasteiger partial charge is 0.265 e. The summed E-state index contributed by atoms with van der Waals surface area (Å²) in [6.45, 7) is 1.94. The molecule has 5 heteroatoms. The first-order chi connectivity index (χ1) is 14.1. The first-order valence-corrected chi connectivity index (χ1v) is 9.21. The fourth-order valence-corrected chi connectivity index (χ4v) is 3.37. The van der Waals surface area contributed by atoms with Crippen LogP contribution in [0.15, 0.2) is 82.6 Å². The quantitative estimate of drug-likeness (QED) is 0.516. The molecule has 0 fully saturated rings. The van der Waals surface area contributed by atoms with Gasteiger partial charge in [0.15, 0.2) is 0 Å². The van der Waals surface area contributed by atoms with Gasteiger partial charge in [-0.25, -0.2) is 4.57 Å². The summed E-state index contributed by atoms with van der Waals surface area (Å²) >= 11 is 0. The van der Waals surface area contributed by atoms with Crippen molar-refractivity contribution < 1.29 is 9.84 Å². The number of methoxy groups -OCH3 is 1. The molecule has 144 valence electrons. The van der Waals surface area contributed by atoms with E-state index in [0.29, 0.717) is 33.5 Å². The lowest BCUT2D eigenvalue weighted by Gasteiger charge is -2.14. The summed E-state index contributed by atoms with van der Waals surface area (Å²) in [6.07, 6.45) is 1.57. The van der Waals surface area contributed by atoms with Crippen molar-refractivity contribution in [2.45, 2.75) is 6.92 Å². The number of pyridine rings is 1. The maximum atomic E-state index is 13.1. The third kappa shape index (κ3) is 3.38. The highest BCUT2D eigenvalue weighted by Gasteiger charge is 2.16. The van der Waals surface area contributed by atoms with Gasteiger partial charge in [-0.3, -0.25) is 9.79 Å². The molecule has 29 heavy (non-hydrogen) atoms. The first kappa shape index (κ1) is 18.5. The molecule has 5 nitrogen and oxygen atoms in total. The van der Waals surface area contributed by atoms with E-state index in [1.807, 2.05) is 61.5 Å². The van der Waals surface area contributed by atoms with E-state index in [2.05, 4.69) is 4.99 Å². The molecule has 1 N–H and O–H groups in total. The summed E-state index contributed by atoms with van der Waals surface area (Å²) in [4.78, 5) is 17.6. The molecule has 0 amide bonds. The Balaban J connectivity index is 1.99. The van der Waals surface area contributed by atoms with Crippen molar-refractivity contribution in [3.63, 3.8) is 0 Å². The highest BCUT2D eigenvalue weighted by Crippen LogP contribution is 2.29. The minimum Gasteiger partial charge on any atom is -0.494 e. The first-order valence-electron chi connectivity index (χ1n) is 9.21. The van der Waals surface area contributed by atoms with E-state index in [1.165, 1.54) is 4.57 Å². The minimum atomic E-state index is -0.279. The van der Waals surface area contributed by atoms with Crippen LogP contribution in [0.2, 0.25) is 0 Å². The van der Waals surface area contributed by atoms with Gasteiger partial charge in [0.2, 0.25) is 5.88 Å². The number of fused-ring (bicyclic) bond motifs is 1. The van der Waals surface area contributed by atoms with E-state index in [0.717, 1.165) is 5.56 Å². The molecule has 0 spiro atoms. The number of aryl methyl sites for hydroxylation is 1. The fraction of sp³-hybridized carbons (Fsp3) is 0.0833. The van der Waals surface area contributed by atoms with Crippen LogP contribution in [0.4, 0.5) is 5.69 Å². The topological polar surface area (TPSA) is 63.8 Å². The lowest BCUT2D eigenvalue weighted by atomic mass is 10.1. The molecule has 0 aliphatic heterocycles. The number of ether oxygens (including phenoxy) is 1. The molecule has 0 saturated carbocycles. The molecule has 4 aromatic rings. The summed E-state index contributed by atoms with van der Waals surface area (Å²) in [7, 11) is 1.58. The van der Waals surface area contributed by atoms with Crippen molar-refractivity contribution in [1.29, 1.82) is 0 Å². The molecule has 1 heterocycles. The van der Waals surface area contributed by atoms with Gasteiger partial charge in [-0.05, 0) is 42.8 Å². The summed E-state index contributed by atoms with van der Waals surface area (Å²) in [5, 5.41) is 12.2. The summed E-state index contributed by atoms with van der Waals surface area (Å²) in [6, 6.07) is 22.0. The number of aromatic nitrogens is 1. The normalized spacial score (nSPS) is 11.2. The summed E-state index contributed by atoms with van der Waals surface area (Å²) in [5.74, 6) is 0.470. The molecule has 0 atom stereocenters. The van der Waals surface area contributed by atoms with Gasteiger partial charge in [0.05, 0.1) is 18.4 Å². The van der Waals surface area contributed by atoms with Crippen LogP contribution in [0, 0.1) is 6.92 Å². The highest BCUT2D eigenvalue weighted by atomic mass is 16.5.